The second kappa shape index (κ2) is 9.43. The highest BCUT2D eigenvalue weighted by molar-refractivity contribution is 5.50. The molecule has 132 valence electrons. The van der Waals surface area contributed by atoms with Crippen LogP contribution >= 0.6 is 0 Å². The van der Waals surface area contributed by atoms with Gasteiger partial charge in [0, 0.05) is 36.9 Å². The lowest BCUT2D eigenvalue weighted by Crippen LogP contribution is -2.51. The number of aromatic nitrogens is 2. The van der Waals surface area contributed by atoms with Crippen molar-refractivity contribution in [1.82, 2.24) is 15.3 Å². The third-order valence-corrected chi connectivity index (χ3v) is 4.40. The number of rotatable bonds is 8. The number of anilines is 1. The van der Waals surface area contributed by atoms with Gasteiger partial charge >= 0.3 is 6.01 Å². The Bertz CT molecular complexity index is 569. The first kappa shape index (κ1) is 18.5. The second-order valence-corrected chi connectivity index (χ2v) is 6.26. The van der Waals surface area contributed by atoms with Crippen molar-refractivity contribution < 1.29 is 4.74 Å². The zero-order valence-corrected chi connectivity index (χ0v) is 15.1. The Balaban J connectivity index is 2.16. The summed E-state index contributed by atoms with van der Waals surface area (Å²) in [7, 11) is 0. The van der Waals surface area contributed by atoms with E-state index in [2.05, 4.69) is 35.1 Å². The van der Waals surface area contributed by atoms with Gasteiger partial charge in [-0.2, -0.15) is 10.2 Å². The predicted molar refractivity (Wildman–Crippen MR) is 95.4 cm³/mol. The lowest BCUT2D eigenvalue weighted by molar-refractivity contribution is 0.281. The molecule has 0 amide bonds. The molecule has 2 heterocycles. The minimum atomic E-state index is 0.192. The van der Waals surface area contributed by atoms with Crippen LogP contribution in [-0.4, -0.2) is 42.3 Å². The third kappa shape index (κ3) is 4.81. The lowest BCUT2D eigenvalue weighted by Gasteiger charge is -2.34. The van der Waals surface area contributed by atoms with Gasteiger partial charge in [0.25, 0.3) is 0 Å². The fourth-order valence-corrected chi connectivity index (χ4v) is 3.08. The summed E-state index contributed by atoms with van der Waals surface area (Å²) >= 11 is 0. The van der Waals surface area contributed by atoms with Gasteiger partial charge in [-0.1, -0.05) is 26.7 Å². The van der Waals surface area contributed by atoms with Crippen LogP contribution in [0.25, 0.3) is 0 Å². The molecular weight excluding hydrogens is 302 g/mol. The number of nitriles is 1. The van der Waals surface area contributed by atoms with Crippen LogP contribution in [0.1, 0.15) is 50.8 Å². The van der Waals surface area contributed by atoms with E-state index in [1.54, 1.807) is 0 Å². The fraction of sp³-hybridized carbons (Fsp3) is 0.722. The van der Waals surface area contributed by atoms with Crippen molar-refractivity contribution in [3.63, 3.8) is 0 Å². The van der Waals surface area contributed by atoms with Gasteiger partial charge in [-0.25, -0.2) is 4.98 Å². The topological polar surface area (TPSA) is 74.1 Å². The SMILES string of the molecule is CCCCCOc1nc(C)c(CC)c(N2CCNC(CC#N)C2)n1. The molecule has 1 N–H and O–H groups in total. The number of hydrogen-bond donors (Lipinski definition) is 1. The summed E-state index contributed by atoms with van der Waals surface area (Å²) in [5.74, 6) is 0.972. The van der Waals surface area contributed by atoms with Gasteiger partial charge < -0.3 is 15.0 Å². The van der Waals surface area contributed by atoms with Crippen LogP contribution in [0.15, 0.2) is 0 Å². The van der Waals surface area contributed by atoms with Gasteiger partial charge in [0.15, 0.2) is 0 Å². The Kier molecular flexibility index (Phi) is 7.26. The zero-order valence-electron chi connectivity index (χ0n) is 15.1. The molecule has 6 nitrogen and oxygen atoms in total. The van der Waals surface area contributed by atoms with Crippen LogP contribution in [-0.2, 0) is 6.42 Å². The Morgan fingerprint density at radius 3 is 2.88 bits per heavy atom. The second-order valence-electron chi connectivity index (χ2n) is 6.26. The van der Waals surface area contributed by atoms with Crippen molar-refractivity contribution in [2.75, 3.05) is 31.1 Å². The van der Waals surface area contributed by atoms with Gasteiger partial charge in [0.1, 0.15) is 5.82 Å². The molecule has 0 spiro atoms. The molecule has 0 bridgehead atoms. The molecule has 6 heteroatoms. The Labute approximate surface area is 145 Å². The standard InChI is InChI=1S/C18H29N5O/c1-4-6-7-12-24-18-21-14(3)16(5-2)17(22-18)23-11-10-20-15(13-23)8-9-19/h15,20H,4-8,10-13H2,1-3H3. The van der Waals surface area contributed by atoms with Crippen molar-refractivity contribution in [2.45, 2.75) is 58.9 Å². The molecule has 0 aliphatic carbocycles. The number of piperazine rings is 1. The van der Waals surface area contributed by atoms with E-state index in [-0.39, 0.29) is 6.04 Å². The van der Waals surface area contributed by atoms with Crippen molar-refractivity contribution in [1.29, 1.82) is 5.26 Å². The van der Waals surface area contributed by atoms with E-state index in [0.29, 0.717) is 19.0 Å². The predicted octanol–water partition coefficient (Wildman–Crippen LogP) is 2.61. The average Bonchev–Trinajstić information content (AvgIpc) is 2.59. The summed E-state index contributed by atoms with van der Waals surface area (Å²) in [4.78, 5) is 11.5. The molecule has 1 unspecified atom stereocenters. The number of ether oxygens (including phenoxy) is 1. The van der Waals surface area contributed by atoms with Gasteiger partial charge in [0.05, 0.1) is 19.1 Å². The highest BCUT2D eigenvalue weighted by Crippen LogP contribution is 2.25. The van der Waals surface area contributed by atoms with E-state index in [9.17, 15) is 0 Å². The first-order valence-electron chi connectivity index (χ1n) is 9.05. The van der Waals surface area contributed by atoms with Crippen LogP contribution < -0.4 is 15.0 Å². The minimum absolute atomic E-state index is 0.192. The number of nitrogens with one attached hydrogen (secondary N) is 1. The van der Waals surface area contributed by atoms with Crippen LogP contribution in [0.2, 0.25) is 0 Å². The average molecular weight is 331 g/mol. The van der Waals surface area contributed by atoms with E-state index in [0.717, 1.165) is 50.4 Å². The van der Waals surface area contributed by atoms with Gasteiger partial charge in [-0.05, 0) is 19.8 Å². The summed E-state index contributed by atoms with van der Waals surface area (Å²) in [6.45, 7) is 9.55. The van der Waals surface area contributed by atoms with Gasteiger partial charge in [-0.15, -0.1) is 0 Å². The molecule has 1 aromatic rings. The van der Waals surface area contributed by atoms with E-state index in [4.69, 9.17) is 15.0 Å². The molecule has 0 aromatic carbocycles. The zero-order chi connectivity index (χ0) is 17.4. The van der Waals surface area contributed by atoms with Gasteiger partial charge in [-0.3, -0.25) is 0 Å². The Hall–Kier alpha value is -1.87. The highest BCUT2D eigenvalue weighted by Gasteiger charge is 2.23. The number of nitrogens with zero attached hydrogens (tertiary/aromatic N) is 4. The normalized spacial score (nSPS) is 17.6. The molecule has 2 rings (SSSR count). The van der Waals surface area contributed by atoms with Crippen LogP contribution in [0, 0.1) is 18.3 Å². The molecule has 1 fully saturated rings. The molecule has 1 aliphatic rings. The maximum Gasteiger partial charge on any atom is 0.318 e. The third-order valence-electron chi connectivity index (χ3n) is 4.40. The molecule has 1 aliphatic heterocycles. The maximum absolute atomic E-state index is 8.95. The minimum Gasteiger partial charge on any atom is -0.463 e. The summed E-state index contributed by atoms with van der Waals surface area (Å²) in [5.41, 5.74) is 2.16. The van der Waals surface area contributed by atoms with Crippen molar-refractivity contribution in [2.24, 2.45) is 0 Å². The first-order chi connectivity index (χ1) is 11.7. The van der Waals surface area contributed by atoms with Crippen molar-refractivity contribution in [3.05, 3.63) is 11.3 Å². The largest absolute Gasteiger partial charge is 0.463 e. The summed E-state index contributed by atoms with van der Waals surface area (Å²) < 4.78 is 5.78. The van der Waals surface area contributed by atoms with Crippen molar-refractivity contribution >= 4 is 5.82 Å². The number of unbranched alkanes of at least 4 members (excludes halogenated alkanes) is 2. The molecule has 0 saturated carbocycles. The molecular formula is C18H29N5O. The quantitative estimate of drug-likeness (QED) is 0.738. The highest BCUT2D eigenvalue weighted by atomic mass is 16.5. The van der Waals surface area contributed by atoms with Crippen molar-refractivity contribution in [3.8, 4) is 12.1 Å². The van der Waals surface area contributed by atoms with Crippen LogP contribution in [0.5, 0.6) is 6.01 Å². The van der Waals surface area contributed by atoms with Crippen LogP contribution in [0.4, 0.5) is 5.82 Å². The van der Waals surface area contributed by atoms with E-state index < -0.39 is 0 Å². The van der Waals surface area contributed by atoms with Gasteiger partial charge in [0.2, 0.25) is 0 Å². The monoisotopic (exact) mass is 331 g/mol. The smallest absolute Gasteiger partial charge is 0.318 e. The molecule has 0 radical (unpaired) electrons. The fourth-order valence-electron chi connectivity index (χ4n) is 3.08. The molecule has 1 aromatic heterocycles. The van der Waals surface area contributed by atoms with E-state index >= 15 is 0 Å². The number of hydrogen-bond acceptors (Lipinski definition) is 6. The first-order valence-corrected chi connectivity index (χ1v) is 9.05. The molecule has 1 atom stereocenters. The van der Waals surface area contributed by atoms with Crippen LogP contribution in [0.3, 0.4) is 0 Å². The number of aryl methyl sites for hydroxylation is 1. The van der Waals surface area contributed by atoms with E-state index in [1.807, 2.05) is 6.92 Å². The summed E-state index contributed by atoms with van der Waals surface area (Å²) in [5, 5.41) is 12.3. The Morgan fingerprint density at radius 1 is 1.33 bits per heavy atom. The molecule has 1 saturated heterocycles. The Morgan fingerprint density at radius 2 is 2.17 bits per heavy atom. The molecule has 24 heavy (non-hydrogen) atoms. The summed E-state index contributed by atoms with van der Waals surface area (Å²) in [6, 6.07) is 2.92. The van der Waals surface area contributed by atoms with E-state index in [1.165, 1.54) is 12.0 Å². The lowest BCUT2D eigenvalue weighted by atomic mass is 10.1. The summed E-state index contributed by atoms with van der Waals surface area (Å²) in [6.07, 6.45) is 4.77. The maximum atomic E-state index is 8.95.